The van der Waals surface area contributed by atoms with Crippen LogP contribution in [0, 0.1) is 0 Å². The number of halogens is 1. The lowest BCUT2D eigenvalue weighted by Gasteiger charge is -2.34. The van der Waals surface area contributed by atoms with E-state index < -0.39 is 10.0 Å². The van der Waals surface area contributed by atoms with Crippen molar-refractivity contribution in [1.82, 2.24) is 14.2 Å². The highest BCUT2D eigenvalue weighted by Gasteiger charge is 2.32. The second-order valence-corrected chi connectivity index (χ2v) is 12.8. The number of benzene rings is 2. The van der Waals surface area contributed by atoms with Gasteiger partial charge in [-0.05, 0) is 88.8 Å². The zero-order valence-corrected chi connectivity index (χ0v) is 23.4. The third-order valence-electron chi connectivity index (χ3n) is 6.55. The molecule has 1 fully saturated rings. The van der Waals surface area contributed by atoms with Crippen molar-refractivity contribution in [1.29, 1.82) is 0 Å². The molecule has 1 unspecified atom stereocenters. The second kappa shape index (κ2) is 11.6. The number of thiazole rings is 1. The number of rotatable bonds is 9. The highest BCUT2D eigenvalue weighted by atomic mass is 35.5. The lowest BCUT2D eigenvalue weighted by Crippen LogP contribution is -2.43. The maximum atomic E-state index is 13.6. The Hall–Kier alpha value is -2.04. The van der Waals surface area contributed by atoms with Crippen molar-refractivity contribution in [2.24, 2.45) is 0 Å². The van der Waals surface area contributed by atoms with Crippen LogP contribution in [0.3, 0.4) is 0 Å². The highest BCUT2D eigenvalue weighted by Crippen LogP contribution is 2.32. The summed E-state index contributed by atoms with van der Waals surface area (Å²) in [5.41, 5.74) is 1.22. The van der Waals surface area contributed by atoms with Crippen LogP contribution < -0.4 is 4.90 Å². The van der Waals surface area contributed by atoms with E-state index in [2.05, 4.69) is 9.88 Å². The summed E-state index contributed by atoms with van der Waals surface area (Å²) in [6.07, 6.45) is 4.39. The molecule has 2 heterocycles. The summed E-state index contributed by atoms with van der Waals surface area (Å²) < 4.78 is 29.2. The lowest BCUT2D eigenvalue weighted by molar-refractivity contribution is 0.0986. The molecule has 1 atom stereocenters. The third-order valence-corrected chi connectivity index (χ3v) is 9.80. The van der Waals surface area contributed by atoms with Crippen molar-refractivity contribution in [3.05, 3.63) is 53.1 Å². The van der Waals surface area contributed by atoms with Gasteiger partial charge in [0.05, 0.1) is 15.1 Å². The Morgan fingerprint density at radius 1 is 1.14 bits per heavy atom. The molecule has 0 N–H and O–H groups in total. The minimum atomic E-state index is -3.60. The minimum Gasteiger partial charge on any atom is -0.309 e. The summed E-state index contributed by atoms with van der Waals surface area (Å²) in [4.78, 5) is 22.3. The van der Waals surface area contributed by atoms with Crippen LogP contribution >= 0.6 is 22.9 Å². The molecular formula is C26H33ClN4O3S2. The van der Waals surface area contributed by atoms with Gasteiger partial charge >= 0.3 is 0 Å². The van der Waals surface area contributed by atoms with E-state index in [1.807, 2.05) is 33.2 Å². The van der Waals surface area contributed by atoms with Crippen LogP contribution in [-0.4, -0.2) is 68.3 Å². The SMILES string of the molecule is CCC1CCCCN1S(=O)(=O)c1ccc(C(=O)N(CCCN(C)C)c2nc3ccc(Cl)cc3s2)cc1. The molecule has 1 aliphatic rings. The number of hydrogen-bond acceptors (Lipinski definition) is 6. The Morgan fingerprint density at radius 2 is 1.89 bits per heavy atom. The first kappa shape index (κ1) is 27.0. The Kier molecular flexibility index (Phi) is 8.67. The van der Waals surface area contributed by atoms with E-state index in [-0.39, 0.29) is 16.8 Å². The van der Waals surface area contributed by atoms with Crippen molar-refractivity contribution in [3.63, 3.8) is 0 Å². The van der Waals surface area contributed by atoms with Gasteiger partial charge in [-0.15, -0.1) is 0 Å². The molecule has 1 saturated heterocycles. The van der Waals surface area contributed by atoms with Crippen molar-refractivity contribution in [2.45, 2.75) is 50.0 Å². The fourth-order valence-corrected chi connectivity index (χ4v) is 7.62. The van der Waals surface area contributed by atoms with Crippen molar-refractivity contribution >= 4 is 54.2 Å². The monoisotopic (exact) mass is 548 g/mol. The van der Waals surface area contributed by atoms with Gasteiger partial charge in [0.2, 0.25) is 10.0 Å². The predicted octanol–water partition coefficient (Wildman–Crippen LogP) is 5.50. The molecule has 3 aromatic rings. The van der Waals surface area contributed by atoms with Gasteiger partial charge < -0.3 is 4.90 Å². The molecule has 2 aromatic carbocycles. The summed E-state index contributed by atoms with van der Waals surface area (Å²) in [5, 5.41) is 1.23. The normalized spacial score (nSPS) is 17.1. The van der Waals surface area contributed by atoms with E-state index >= 15 is 0 Å². The number of aromatic nitrogens is 1. The van der Waals surface area contributed by atoms with Crippen LogP contribution in [-0.2, 0) is 10.0 Å². The topological polar surface area (TPSA) is 73.8 Å². The molecule has 194 valence electrons. The number of amides is 1. The van der Waals surface area contributed by atoms with Gasteiger partial charge in [-0.2, -0.15) is 4.31 Å². The van der Waals surface area contributed by atoms with Gasteiger partial charge in [0.1, 0.15) is 0 Å². The summed E-state index contributed by atoms with van der Waals surface area (Å²) in [6.45, 7) is 3.90. The number of carbonyl (C=O) groups is 1. The molecule has 0 bridgehead atoms. The number of nitrogens with zero attached hydrogens (tertiary/aromatic N) is 4. The van der Waals surface area contributed by atoms with Crippen LogP contribution in [0.5, 0.6) is 0 Å². The Bertz CT molecular complexity index is 1310. The molecule has 10 heteroatoms. The minimum absolute atomic E-state index is 0.0322. The molecule has 36 heavy (non-hydrogen) atoms. The van der Waals surface area contributed by atoms with Gasteiger partial charge in [0, 0.05) is 29.7 Å². The molecule has 1 aliphatic heterocycles. The van der Waals surface area contributed by atoms with Crippen LogP contribution in [0.15, 0.2) is 47.4 Å². The van der Waals surface area contributed by atoms with Gasteiger partial charge in [-0.3, -0.25) is 9.69 Å². The Labute approximate surface area is 222 Å². The average Bonchev–Trinajstić information content (AvgIpc) is 3.29. The van der Waals surface area contributed by atoms with Crippen molar-refractivity contribution < 1.29 is 13.2 Å². The number of fused-ring (bicyclic) bond motifs is 1. The van der Waals surface area contributed by atoms with Gasteiger partial charge in [-0.25, -0.2) is 13.4 Å². The standard InChI is InChI=1S/C26H33ClN4O3S2/c1-4-21-8-5-6-17-31(21)36(33,34)22-12-9-19(10-13-22)25(32)30(16-7-15-29(2)3)26-28-23-14-11-20(27)18-24(23)35-26/h9-14,18,21H,4-8,15-17H2,1-3H3. The molecule has 7 nitrogen and oxygen atoms in total. The van der Waals surface area contributed by atoms with Crippen molar-refractivity contribution in [2.75, 3.05) is 38.6 Å². The molecule has 0 radical (unpaired) electrons. The first-order valence-electron chi connectivity index (χ1n) is 12.4. The number of carbonyl (C=O) groups excluding carboxylic acids is 1. The number of piperidine rings is 1. The zero-order valence-electron chi connectivity index (χ0n) is 21.0. The molecule has 0 aliphatic carbocycles. The summed E-state index contributed by atoms with van der Waals surface area (Å²) in [7, 11) is 0.390. The molecule has 1 amide bonds. The molecule has 0 spiro atoms. The van der Waals surface area contributed by atoms with E-state index in [1.54, 1.807) is 39.5 Å². The summed E-state index contributed by atoms with van der Waals surface area (Å²) >= 11 is 7.57. The van der Waals surface area contributed by atoms with Crippen LogP contribution in [0.25, 0.3) is 10.2 Å². The molecule has 1 aromatic heterocycles. The first-order valence-corrected chi connectivity index (χ1v) is 15.0. The molecule has 4 rings (SSSR count). The van der Waals surface area contributed by atoms with Gasteiger partial charge in [0.25, 0.3) is 5.91 Å². The van der Waals surface area contributed by atoms with Crippen LogP contribution in [0.1, 0.15) is 49.4 Å². The molecule has 0 saturated carbocycles. The van der Waals surface area contributed by atoms with E-state index in [1.165, 1.54) is 11.3 Å². The van der Waals surface area contributed by atoms with E-state index in [0.717, 1.165) is 48.9 Å². The van der Waals surface area contributed by atoms with E-state index in [0.29, 0.717) is 28.8 Å². The van der Waals surface area contributed by atoms with E-state index in [4.69, 9.17) is 11.6 Å². The summed E-state index contributed by atoms with van der Waals surface area (Å²) in [5.74, 6) is -0.202. The van der Waals surface area contributed by atoms with Crippen LogP contribution in [0.2, 0.25) is 5.02 Å². The lowest BCUT2D eigenvalue weighted by atomic mass is 10.0. The predicted molar refractivity (Wildman–Crippen MR) is 148 cm³/mol. The number of hydrogen-bond donors (Lipinski definition) is 0. The number of anilines is 1. The van der Waals surface area contributed by atoms with Crippen LogP contribution in [0.4, 0.5) is 5.13 Å². The Balaban J connectivity index is 1.60. The van der Waals surface area contributed by atoms with E-state index in [9.17, 15) is 13.2 Å². The van der Waals surface area contributed by atoms with Crippen molar-refractivity contribution in [3.8, 4) is 0 Å². The maximum Gasteiger partial charge on any atom is 0.260 e. The smallest absolute Gasteiger partial charge is 0.260 e. The Morgan fingerprint density at radius 3 is 2.58 bits per heavy atom. The maximum absolute atomic E-state index is 13.6. The fourth-order valence-electron chi connectivity index (χ4n) is 4.59. The average molecular weight is 549 g/mol. The quantitative estimate of drug-likeness (QED) is 0.353. The zero-order chi connectivity index (χ0) is 25.9. The van der Waals surface area contributed by atoms with Gasteiger partial charge in [-0.1, -0.05) is 36.3 Å². The third kappa shape index (κ3) is 5.92. The largest absolute Gasteiger partial charge is 0.309 e. The molecular weight excluding hydrogens is 516 g/mol. The second-order valence-electron chi connectivity index (χ2n) is 9.42. The fraction of sp³-hybridized carbons (Fsp3) is 0.462. The highest BCUT2D eigenvalue weighted by molar-refractivity contribution is 7.89. The van der Waals surface area contributed by atoms with Gasteiger partial charge in [0.15, 0.2) is 5.13 Å². The number of sulfonamides is 1. The summed E-state index contributed by atoms with van der Waals surface area (Å²) in [6, 6.07) is 11.9. The first-order chi connectivity index (χ1) is 17.2.